The number of benzene rings is 1. The van der Waals surface area contributed by atoms with Crippen LogP contribution in [0.4, 0.5) is 27.6 Å². The van der Waals surface area contributed by atoms with E-state index in [0.717, 1.165) is 13.2 Å². The first-order valence-corrected chi connectivity index (χ1v) is 6.81. The molecule has 2 atom stereocenters. The number of halogens is 5. The zero-order chi connectivity index (χ0) is 19.2. The Kier molecular flexibility index (Phi) is 4.60. The minimum absolute atomic E-state index is 0.369. The molecule has 1 aromatic rings. The molecule has 0 amide bonds. The van der Waals surface area contributed by atoms with E-state index in [1.54, 1.807) is 0 Å². The predicted molar refractivity (Wildman–Crippen MR) is 73.3 cm³/mol. The molecule has 0 saturated carbocycles. The van der Waals surface area contributed by atoms with Gasteiger partial charge in [-0.2, -0.15) is 17.6 Å². The molecule has 1 heterocycles. The number of ether oxygens (including phenoxy) is 2. The summed E-state index contributed by atoms with van der Waals surface area (Å²) < 4.78 is 76.6. The Labute approximate surface area is 138 Å². The molecular weight excluding hydrogens is 357 g/mol. The minimum Gasteiger partial charge on any atom is -0.491 e. The SMILES string of the molecule is COc1c(N2CC(OC)(C(F)(F)F)CC2(O)C(=O)O)ccc(F)c1F. The van der Waals surface area contributed by atoms with Crippen LogP contribution in [0.5, 0.6) is 5.75 Å². The van der Waals surface area contributed by atoms with Gasteiger partial charge < -0.3 is 24.6 Å². The lowest BCUT2D eigenvalue weighted by molar-refractivity contribution is -0.266. The number of aliphatic carboxylic acids is 1. The number of carbonyl (C=O) groups is 1. The highest BCUT2D eigenvalue weighted by Crippen LogP contribution is 2.50. The fourth-order valence-corrected chi connectivity index (χ4v) is 2.78. The molecule has 140 valence electrons. The molecule has 1 aromatic carbocycles. The first-order chi connectivity index (χ1) is 11.4. The number of hydrogen-bond acceptors (Lipinski definition) is 5. The van der Waals surface area contributed by atoms with Gasteiger partial charge in [0.1, 0.15) is 0 Å². The molecule has 6 nitrogen and oxygen atoms in total. The van der Waals surface area contributed by atoms with Gasteiger partial charge in [-0.3, -0.25) is 0 Å². The molecule has 2 N–H and O–H groups in total. The number of anilines is 1. The standard InChI is InChI=1S/C14H14F5NO5/c1-24-10-8(4-3-7(15)9(10)16)20-6-12(25-2,14(17,18)19)5-13(20,23)11(21)22/h3-4,23H,5-6H2,1-2H3,(H,21,22). The number of aliphatic hydroxyl groups is 1. The minimum atomic E-state index is -5.04. The third-order valence-electron chi connectivity index (χ3n) is 4.17. The smallest absolute Gasteiger partial charge is 0.419 e. The molecule has 0 aromatic heterocycles. The van der Waals surface area contributed by atoms with E-state index in [1.165, 1.54) is 0 Å². The highest BCUT2D eigenvalue weighted by molar-refractivity contribution is 5.84. The van der Waals surface area contributed by atoms with Gasteiger partial charge in [0.15, 0.2) is 17.2 Å². The van der Waals surface area contributed by atoms with Gasteiger partial charge in [0, 0.05) is 13.5 Å². The quantitative estimate of drug-likeness (QED) is 0.788. The molecular formula is C14H14F5NO5. The summed E-state index contributed by atoms with van der Waals surface area (Å²) in [6.07, 6.45) is -6.41. The second-order valence-electron chi connectivity index (χ2n) is 5.49. The highest BCUT2D eigenvalue weighted by atomic mass is 19.4. The van der Waals surface area contributed by atoms with Crippen molar-refractivity contribution in [3.8, 4) is 5.75 Å². The van der Waals surface area contributed by atoms with Crippen LogP contribution in [0.2, 0.25) is 0 Å². The van der Waals surface area contributed by atoms with Crippen molar-refractivity contribution in [1.29, 1.82) is 0 Å². The topological polar surface area (TPSA) is 79.2 Å². The maximum Gasteiger partial charge on any atom is 0.419 e. The van der Waals surface area contributed by atoms with Gasteiger partial charge in [-0.05, 0) is 12.1 Å². The van der Waals surface area contributed by atoms with Crippen LogP contribution in [0.1, 0.15) is 6.42 Å². The van der Waals surface area contributed by atoms with Gasteiger partial charge in [-0.1, -0.05) is 0 Å². The fourth-order valence-electron chi connectivity index (χ4n) is 2.78. The molecule has 2 rings (SSSR count). The molecule has 11 heteroatoms. The van der Waals surface area contributed by atoms with E-state index >= 15 is 0 Å². The van der Waals surface area contributed by atoms with Crippen molar-refractivity contribution in [2.75, 3.05) is 25.7 Å². The fraction of sp³-hybridized carbons (Fsp3) is 0.500. The zero-order valence-electron chi connectivity index (χ0n) is 13.0. The molecule has 1 aliphatic rings. The van der Waals surface area contributed by atoms with Gasteiger partial charge in [0.25, 0.3) is 0 Å². The zero-order valence-corrected chi connectivity index (χ0v) is 13.0. The summed E-state index contributed by atoms with van der Waals surface area (Å²) in [7, 11) is 1.63. The number of carboxylic acids is 1. The second kappa shape index (κ2) is 5.99. The van der Waals surface area contributed by atoms with Crippen molar-refractivity contribution in [3.63, 3.8) is 0 Å². The molecule has 0 bridgehead atoms. The highest BCUT2D eigenvalue weighted by Gasteiger charge is 2.69. The Morgan fingerprint density at radius 1 is 1.28 bits per heavy atom. The average molecular weight is 371 g/mol. The van der Waals surface area contributed by atoms with E-state index in [-0.39, 0.29) is 0 Å². The third-order valence-corrected chi connectivity index (χ3v) is 4.17. The van der Waals surface area contributed by atoms with Crippen LogP contribution in [0.3, 0.4) is 0 Å². The summed E-state index contributed by atoms with van der Waals surface area (Å²) in [5, 5.41) is 19.6. The van der Waals surface area contributed by atoms with Crippen molar-refractivity contribution in [2.45, 2.75) is 23.9 Å². The summed E-state index contributed by atoms with van der Waals surface area (Å²) in [4.78, 5) is 11.8. The predicted octanol–water partition coefficient (Wildman–Crippen LogP) is 1.90. The van der Waals surface area contributed by atoms with E-state index in [1.807, 2.05) is 0 Å². The van der Waals surface area contributed by atoms with Crippen LogP contribution in [-0.2, 0) is 9.53 Å². The van der Waals surface area contributed by atoms with Crippen molar-refractivity contribution < 1.29 is 46.4 Å². The molecule has 0 radical (unpaired) electrons. The Balaban J connectivity index is 2.67. The number of nitrogens with zero attached hydrogens (tertiary/aromatic N) is 1. The number of carboxylic acid groups (broad SMARTS) is 1. The molecule has 0 spiro atoms. The van der Waals surface area contributed by atoms with E-state index < -0.39 is 59.5 Å². The Morgan fingerprint density at radius 3 is 2.32 bits per heavy atom. The summed E-state index contributed by atoms with van der Waals surface area (Å²) in [6.45, 7) is -1.17. The van der Waals surface area contributed by atoms with Crippen molar-refractivity contribution in [3.05, 3.63) is 23.8 Å². The third kappa shape index (κ3) is 2.76. The Hall–Kier alpha value is -2.14. The maximum absolute atomic E-state index is 13.9. The van der Waals surface area contributed by atoms with Crippen LogP contribution in [0.25, 0.3) is 0 Å². The lowest BCUT2D eigenvalue weighted by atomic mass is 9.97. The first-order valence-electron chi connectivity index (χ1n) is 6.81. The molecule has 1 aliphatic heterocycles. The number of alkyl halides is 3. The lowest BCUT2D eigenvalue weighted by Gasteiger charge is -2.32. The van der Waals surface area contributed by atoms with E-state index in [4.69, 9.17) is 0 Å². The van der Waals surface area contributed by atoms with E-state index in [2.05, 4.69) is 9.47 Å². The monoisotopic (exact) mass is 371 g/mol. The van der Waals surface area contributed by atoms with Crippen LogP contribution in [0, 0.1) is 11.6 Å². The number of methoxy groups -OCH3 is 2. The summed E-state index contributed by atoms with van der Waals surface area (Å²) >= 11 is 0. The van der Waals surface area contributed by atoms with Gasteiger partial charge >= 0.3 is 12.1 Å². The van der Waals surface area contributed by atoms with Crippen LogP contribution < -0.4 is 9.64 Å². The normalized spacial score (nSPS) is 26.8. The summed E-state index contributed by atoms with van der Waals surface area (Å²) in [6, 6.07) is 1.39. The van der Waals surface area contributed by atoms with Gasteiger partial charge in [0.2, 0.25) is 11.5 Å². The first kappa shape index (κ1) is 19.2. The Morgan fingerprint density at radius 2 is 1.88 bits per heavy atom. The molecule has 25 heavy (non-hydrogen) atoms. The van der Waals surface area contributed by atoms with Crippen LogP contribution >= 0.6 is 0 Å². The summed E-state index contributed by atoms with van der Waals surface area (Å²) in [5.74, 6) is -5.74. The lowest BCUT2D eigenvalue weighted by Crippen LogP contribution is -2.51. The van der Waals surface area contributed by atoms with Gasteiger partial charge in [0.05, 0.1) is 19.3 Å². The van der Waals surface area contributed by atoms with Crippen LogP contribution in [-0.4, -0.2) is 54.4 Å². The Bertz CT molecular complexity index is 697. The molecule has 1 fully saturated rings. The molecule has 0 aliphatic carbocycles. The van der Waals surface area contributed by atoms with Gasteiger partial charge in [-0.25, -0.2) is 9.18 Å². The second-order valence-corrected chi connectivity index (χ2v) is 5.49. The maximum atomic E-state index is 13.9. The van der Waals surface area contributed by atoms with E-state index in [9.17, 15) is 37.0 Å². The number of hydrogen-bond donors (Lipinski definition) is 2. The average Bonchev–Trinajstić information content (AvgIpc) is 2.85. The van der Waals surface area contributed by atoms with Crippen molar-refractivity contribution in [1.82, 2.24) is 0 Å². The largest absolute Gasteiger partial charge is 0.491 e. The van der Waals surface area contributed by atoms with E-state index in [0.29, 0.717) is 18.1 Å². The molecule has 1 saturated heterocycles. The molecule has 2 unspecified atom stereocenters. The number of rotatable bonds is 4. The van der Waals surface area contributed by atoms with Crippen LogP contribution in [0.15, 0.2) is 12.1 Å². The van der Waals surface area contributed by atoms with Crippen molar-refractivity contribution in [2.24, 2.45) is 0 Å². The summed E-state index contributed by atoms with van der Waals surface area (Å²) in [5.41, 5.74) is -6.67. The van der Waals surface area contributed by atoms with Crippen molar-refractivity contribution >= 4 is 11.7 Å². The van der Waals surface area contributed by atoms with Gasteiger partial charge in [-0.15, -0.1) is 0 Å².